The number of ketones is 1. The maximum atomic E-state index is 13.3. The zero-order valence-corrected chi connectivity index (χ0v) is 13.9. The first kappa shape index (κ1) is 16.8. The van der Waals surface area contributed by atoms with Crippen LogP contribution in [0, 0.1) is 5.82 Å². The molecule has 2 aromatic rings. The molecule has 2 aromatic carbocycles. The normalized spacial score (nSPS) is 19.1. The quantitative estimate of drug-likeness (QED) is 0.866. The van der Waals surface area contributed by atoms with Crippen LogP contribution in [0.2, 0.25) is 0 Å². The fourth-order valence-electron chi connectivity index (χ4n) is 2.54. The summed E-state index contributed by atoms with van der Waals surface area (Å²) in [6.07, 6.45) is 0.230. The summed E-state index contributed by atoms with van der Waals surface area (Å²) in [5.41, 5.74) is 1.05. The van der Waals surface area contributed by atoms with Gasteiger partial charge in [-0.2, -0.15) is 0 Å². The SMILES string of the molecule is CC(=O)c1ccc(NC(=O)C2(C)CC(c3cccc(F)c3)=NO2)cc1. The van der Waals surface area contributed by atoms with Crippen LogP contribution in [0.15, 0.2) is 53.7 Å². The fourth-order valence-corrected chi connectivity index (χ4v) is 2.54. The van der Waals surface area contributed by atoms with Crippen molar-refractivity contribution < 1.29 is 18.8 Å². The van der Waals surface area contributed by atoms with Crippen molar-refractivity contribution in [3.63, 3.8) is 0 Å². The molecule has 25 heavy (non-hydrogen) atoms. The number of halogens is 1. The zero-order chi connectivity index (χ0) is 18.0. The monoisotopic (exact) mass is 340 g/mol. The number of nitrogens with zero attached hydrogens (tertiary/aromatic N) is 1. The maximum absolute atomic E-state index is 13.3. The third kappa shape index (κ3) is 3.57. The lowest BCUT2D eigenvalue weighted by atomic mass is 9.95. The lowest BCUT2D eigenvalue weighted by Crippen LogP contribution is -2.40. The average Bonchev–Trinajstić information content (AvgIpc) is 2.99. The van der Waals surface area contributed by atoms with Crippen LogP contribution in [0.1, 0.15) is 36.2 Å². The molecule has 1 atom stereocenters. The van der Waals surface area contributed by atoms with E-state index in [4.69, 9.17) is 4.84 Å². The van der Waals surface area contributed by atoms with Crippen LogP contribution in [0.5, 0.6) is 0 Å². The maximum Gasteiger partial charge on any atom is 0.271 e. The molecule has 1 unspecified atom stereocenters. The average molecular weight is 340 g/mol. The van der Waals surface area contributed by atoms with E-state index in [0.29, 0.717) is 22.5 Å². The van der Waals surface area contributed by atoms with Crippen molar-refractivity contribution in [1.29, 1.82) is 0 Å². The number of amides is 1. The van der Waals surface area contributed by atoms with Gasteiger partial charge in [-0.15, -0.1) is 0 Å². The van der Waals surface area contributed by atoms with Crippen molar-refractivity contribution in [2.24, 2.45) is 5.16 Å². The Morgan fingerprint density at radius 2 is 1.92 bits per heavy atom. The molecule has 0 fully saturated rings. The predicted octanol–water partition coefficient (Wildman–Crippen LogP) is 3.55. The Labute approximate surface area is 144 Å². The number of anilines is 1. The van der Waals surface area contributed by atoms with Gasteiger partial charge in [-0.05, 0) is 50.2 Å². The Morgan fingerprint density at radius 1 is 1.20 bits per heavy atom. The van der Waals surface area contributed by atoms with Crippen molar-refractivity contribution >= 4 is 23.1 Å². The number of Topliss-reactive ketones (excluding diaryl/α,β-unsaturated/α-hetero) is 1. The van der Waals surface area contributed by atoms with E-state index in [9.17, 15) is 14.0 Å². The van der Waals surface area contributed by atoms with Gasteiger partial charge in [0.15, 0.2) is 5.78 Å². The fraction of sp³-hybridized carbons (Fsp3) is 0.211. The minimum atomic E-state index is -1.18. The number of hydrogen-bond acceptors (Lipinski definition) is 4. The van der Waals surface area contributed by atoms with E-state index >= 15 is 0 Å². The van der Waals surface area contributed by atoms with Crippen molar-refractivity contribution in [1.82, 2.24) is 0 Å². The summed E-state index contributed by atoms with van der Waals surface area (Å²) in [4.78, 5) is 29.2. The smallest absolute Gasteiger partial charge is 0.271 e. The number of oxime groups is 1. The molecule has 0 saturated heterocycles. The second-order valence-corrected chi connectivity index (χ2v) is 6.13. The third-order valence-electron chi connectivity index (χ3n) is 4.05. The van der Waals surface area contributed by atoms with Crippen molar-refractivity contribution in [2.75, 3.05) is 5.32 Å². The number of carbonyl (C=O) groups is 2. The van der Waals surface area contributed by atoms with Crippen LogP contribution in [-0.4, -0.2) is 23.0 Å². The standard InChI is InChI=1S/C19H17FN2O3/c1-12(23)13-6-8-16(9-7-13)21-18(24)19(2)11-17(22-25-19)14-4-3-5-15(20)10-14/h3-10H,11H2,1-2H3,(H,21,24). The molecule has 0 saturated carbocycles. The number of benzene rings is 2. The largest absolute Gasteiger partial charge is 0.379 e. The van der Waals surface area contributed by atoms with Crippen molar-refractivity contribution in [3.8, 4) is 0 Å². The summed E-state index contributed by atoms with van der Waals surface area (Å²) in [6.45, 7) is 3.11. The highest BCUT2D eigenvalue weighted by Gasteiger charge is 2.42. The van der Waals surface area contributed by atoms with Gasteiger partial charge in [-0.1, -0.05) is 17.3 Å². The van der Waals surface area contributed by atoms with Gasteiger partial charge in [0.25, 0.3) is 5.91 Å². The Balaban J connectivity index is 1.69. The van der Waals surface area contributed by atoms with Gasteiger partial charge < -0.3 is 10.2 Å². The molecule has 0 bridgehead atoms. The van der Waals surface area contributed by atoms with E-state index in [-0.39, 0.29) is 23.9 Å². The molecular weight excluding hydrogens is 323 g/mol. The predicted molar refractivity (Wildman–Crippen MR) is 92.1 cm³/mol. The minimum absolute atomic E-state index is 0.0444. The Morgan fingerprint density at radius 3 is 2.56 bits per heavy atom. The highest BCUT2D eigenvalue weighted by atomic mass is 19.1. The van der Waals surface area contributed by atoms with Crippen LogP contribution in [-0.2, 0) is 9.63 Å². The van der Waals surface area contributed by atoms with Crippen LogP contribution in [0.25, 0.3) is 0 Å². The Kier molecular flexibility index (Phi) is 4.35. The van der Waals surface area contributed by atoms with Gasteiger partial charge in [-0.3, -0.25) is 9.59 Å². The first-order chi connectivity index (χ1) is 11.9. The van der Waals surface area contributed by atoms with Crippen molar-refractivity contribution in [3.05, 3.63) is 65.5 Å². The van der Waals surface area contributed by atoms with E-state index in [1.165, 1.54) is 19.1 Å². The van der Waals surface area contributed by atoms with Gasteiger partial charge in [0.05, 0.1) is 5.71 Å². The van der Waals surface area contributed by atoms with Crippen LogP contribution in [0.3, 0.4) is 0 Å². The molecule has 128 valence electrons. The summed E-state index contributed by atoms with van der Waals surface area (Å²) < 4.78 is 13.3. The molecule has 1 aliphatic heterocycles. The molecule has 6 heteroatoms. The molecule has 1 N–H and O–H groups in total. The van der Waals surface area contributed by atoms with Gasteiger partial charge >= 0.3 is 0 Å². The summed E-state index contributed by atoms with van der Waals surface area (Å²) in [6, 6.07) is 12.6. The lowest BCUT2D eigenvalue weighted by Gasteiger charge is -2.20. The third-order valence-corrected chi connectivity index (χ3v) is 4.05. The summed E-state index contributed by atoms with van der Waals surface area (Å²) in [7, 11) is 0. The number of nitrogens with one attached hydrogen (secondary N) is 1. The molecule has 0 spiro atoms. The summed E-state index contributed by atoms with van der Waals surface area (Å²) in [5.74, 6) is -0.779. The van der Waals surface area contributed by atoms with Gasteiger partial charge in [-0.25, -0.2) is 4.39 Å². The molecule has 1 aliphatic rings. The molecule has 5 nitrogen and oxygen atoms in total. The highest BCUT2D eigenvalue weighted by molar-refractivity contribution is 6.08. The number of carbonyl (C=O) groups excluding carboxylic acids is 2. The Hall–Kier alpha value is -3.02. The van der Waals surface area contributed by atoms with Crippen LogP contribution < -0.4 is 5.32 Å². The topological polar surface area (TPSA) is 67.8 Å². The lowest BCUT2D eigenvalue weighted by molar-refractivity contribution is -0.135. The molecule has 3 rings (SSSR count). The van der Waals surface area contributed by atoms with E-state index in [1.807, 2.05) is 0 Å². The van der Waals surface area contributed by atoms with Crippen LogP contribution >= 0.6 is 0 Å². The number of rotatable bonds is 4. The van der Waals surface area contributed by atoms with E-state index < -0.39 is 5.60 Å². The van der Waals surface area contributed by atoms with E-state index in [0.717, 1.165) is 0 Å². The molecule has 0 aromatic heterocycles. The second-order valence-electron chi connectivity index (χ2n) is 6.13. The van der Waals surface area contributed by atoms with Gasteiger partial charge in [0, 0.05) is 23.2 Å². The van der Waals surface area contributed by atoms with Gasteiger partial charge in [0.1, 0.15) is 5.82 Å². The Bertz CT molecular complexity index is 861. The molecular formula is C19H17FN2O3. The minimum Gasteiger partial charge on any atom is -0.379 e. The van der Waals surface area contributed by atoms with Crippen LogP contribution in [0.4, 0.5) is 10.1 Å². The molecule has 1 heterocycles. The number of hydrogen-bond donors (Lipinski definition) is 1. The molecule has 0 radical (unpaired) electrons. The zero-order valence-electron chi connectivity index (χ0n) is 13.9. The highest BCUT2D eigenvalue weighted by Crippen LogP contribution is 2.28. The molecule has 1 amide bonds. The first-order valence-electron chi connectivity index (χ1n) is 7.81. The van der Waals surface area contributed by atoms with Gasteiger partial charge in [0.2, 0.25) is 5.60 Å². The van der Waals surface area contributed by atoms with E-state index in [2.05, 4.69) is 10.5 Å². The van der Waals surface area contributed by atoms with E-state index in [1.54, 1.807) is 43.3 Å². The van der Waals surface area contributed by atoms with Crippen molar-refractivity contribution in [2.45, 2.75) is 25.9 Å². The summed E-state index contributed by atoms with van der Waals surface area (Å²) in [5, 5.41) is 6.70. The second kappa shape index (κ2) is 6.47. The summed E-state index contributed by atoms with van der Waals surface area (Å²) >= 11 is 0. The molecule has 0 aliphatic carbocycles. The first-order valence-corrected chi connectivity index (χ1v) is 7.81.